The number of halogens is 2. The zero-order valence-corrected chi connectivity index (χ0v) is 18.4. The molecule has 3 rings (SSSR count). The second-order valence-electron chi connectivity index (χ2n) is 7.12. The second-order valence-corrected chi connectivity index (χ2v) is 7.91. The van der Waals surface area contributed by atoms with E-state index in [0.29, 0.717) is 10.0 Å². The molecule has 0 spiro atoms. The number of carbonyl (C=O) groups is 1. The van der Waals surface area contributed by atoms with E-state index in [-0.39, 0.29) is 12.3 Å². The maximum absolute atomic E-state index is 12.2. The molecule has 0 saturated heterocycles. The number of aryl methyl sites for hydroxylation is 3. The van der Waals surface area contributed by atoms with E-state index in [1.165, 1.54) is 11.1 Å². The van der Waals surface area contributed by atoms with Gasteiger partial charge in [-0.15, -0.1) is 0 Å². The van der Waals surface area contributed by atoms with Gasteiger partial charge in [0.1, 0.15) is 0 Å². The third kappa shape index (κ3) is 4.72. The Hall–Kier alpha value is -2.56. The smallest absolute Gasteiger partial charge is 0.244 e. The summed E-state index contributed by atoms with van der Waals surface area (Å²) in [5, 5.41) is 5.14. The quantitative estimate of drug-likeness (QED) is 0.411. The molecule has 1 heterocycles. The molecule has 0 bridgehead atoms. The molecule has 6 heteroatoms. The Labute approximate surface area is 181 Å². The molecule has 1 aromatic heterocycles. The predicted octanol–water partition coefficient (Wildman–Crippen LogP) is 5.71. The van der Waals surface area contributed by atoms with Crippen molar-refractivity contribution in [2.24, 2.45) is 5.10 Å². The fourth-order valence-corrected chi connectivity index (χ4v) is 3.65. The molecule has 1 amide bonds. The molecule has 0 aliphatic heterocycles. The van der Waals surface area contributed by atoms with Crippen molar-refractivity contribution in [2.75, 3.05) is 0 Å². The Balaban J connectivity index is 1.73. The van der Waals surface area contributed by atoms with Crippen LogP contribution in [0.4, 0.5) is 0 Å². The molecule has 29 heavy (non-hydrogen) atoms. The number of rotatable bonds is 5. The molecule has 0 aliphatic rings. The standard InChI is InChI=1S/C23H23Cl2N3O/c1-14-8-9-18(10-15(14)2)12-22(29)27-26-13-19-11-16(3)28(17(19)4)21-7-5-6-20(24)23(21)25/h5-11,13H,12H2,1-4H3,(H,27,29)/b26-13-. The van der Waals surface area contributed by atoms with Gasteiger partial charge in [0.25, 0.3) is 0 Å². The number of nitrogens with zero attached hydrogens (tertiary/aromatic N) is 2. The Bertz CT molecular complexity index is 1100. The van der Waals surface area contributed by atoms with E-state index in [2.05, 4.69) is 17.5 Å². The number of benzene rings is 2. The van der Waals surface area contributed by atoms with Crippen molar-refractivity contribution in [3.05, 3.63) is 86.2 Å². The van der Waals surface area contributed by atoms with Gasteiger partial charge in [-0.3, -0.25) is 4.79 Å². The first-order valence-electron chi connectivity index (χ1n) is 9.29. The SMILES string of the molecule is Cc1ccc(CC(=O)N/N=C\c2cc(C)n(-c3cccc(Cl)c3Cl)c2C)cc1C. The minimum absolute atomic E-state index is 0.156. The van der Waals surface area contributed by atoms with Crippen LogP contribution in [-0.2, 0) is 11.2 Å². The number of hydrazone groups is 1. The highest BCUT2D eigenvalue weighted by atomic mass is 35.5. The van der Waals surface area contributed by atoms with Crippen molar-refractivity contribution in [3.63, 3.8) is 0 Å². The van der Waals surface area contributed by atoms with Gasteiger partial charge < -0.3 is 4.57 Å². The number of hydrogen-bond donors (Lipinski definition) is 1. The molecule has 0 aliphatic carbocycles. The third-order valence-electron chi connectivity index (χ3n) is 4.97. The van der Waals surface area contributed by atoms with Gasteiger partial charge >= 0.3 is 0 Å². The molecular weight excluding hydrogens is 405 g/mol. The number of hydrogen-bond acceptors (Lipinski definition) is 2. The van der Waals surface area contributed by atoms with E-state index in [1.807, 2.05) is 61.7 Å². The normalized spacial score (nSPS) is 11.2. The minimum atomic E-state index is -0.156. The van der Waals surface area contributed by atoms with Crippen molar-refractivity contribution >= 4 is 35.3 Å². The second kappa shape index (κ2) is 8.85. The van der Waals surface area contributed by atoms with Gasteiger partial charge in [-0.2, -0.15) is 5.10 Å². The van der Waals surface area contributed by atoms with Crippen LogP contribution in [0.3, 0.4) is 0 Å². The van der Waals surface area contributed by atoms with E-state index in [9.17, 15) is 4.79 Å². The van der Waals surface area contributed by atoms with Crippen molar-refractivity contribution in [1.29, 1.82) is 0 Å². The van der Waals surface area contributed by atoms with Crippen LogP contribution >= 0.6 is 23.2 Å². The van der Waals surface area contributed by atoms with Gasteiger partial charge in [0.15, 0.2) is 0 Å². The van der Waals surface area contributed by atoms with Crippen LogP contribution in [0.1, 0.15) is 33.6 Å². The predicted molar refractivity (Wildman–Crippen MR) is 121 cm³/mol. The summed E-state index contributed by atoms with van der Waals surface area (Å²) in [7, 11) is 0. The maximum Gasteiger partial charge on any atom is 0.244 e. The Morgan fingerprint density at radius 1 is 1.07 bits per heavy atom. The zero-order valence-electron chi connectivity index (χ0n) is 16.9. The Morgan fingerprint density at radius 2 is 1.83 bits per heavy atom. The highest BCUT2D eigenvalue weighted by molar-refractivity contribution is 6.43. The number of amides is 1. The van der Waals surface area contributed by atoms with Gasteiger partial charge in [-0.25, -0.2) is 5.43 Å². The zero-order chi connectivity index (χ0) is 21.1. The third-order valence-corrected chi connectivity index (χ3v) is 5.78. The highest BCUT2D eigenvalue weighted by Gasteiger charge is 2.13. The fraction of sp³-hybridized carbons (Fsp3) is 0.217. The minimum Gasteiger partial charge on any atom is -0.316 e. The summed E-state index contributed by atoms with van der Waals surface area (Å²) in [6, 6.07) is 13.6. The van der Waals surface area contributed by atoms with E-state index in [1.54, 1.807) is 12.3 Å². The van der Waals surface area contributed by atoms with Gasteiger partial charge in [0, 0.05) is 17.0 Å². The first-order valence-corrected chi connectivity index (χ1v) is 10.0. The summed E-state index contributed by atoms with van der Waals surface area (Å²) in [5.74, 6) is -0.156. The molecule has 150 valence electrons. The lowest BCUT2D eigenvalue weighted by atomic mass is 10.0. The van der Waals surface area contributed by atoms with Crippen LogP contribution < -0.4 is 5.43 Å². The van der Waals surface area contributed by atoms with Crippen LogP contribution in [0, 0.1) is 27.7 Å². The van der Waals surface area contributed by atoms with Gasteiger partial charge in [0.2, 0.25) is 5.91 Å². The van der Waals surface area contributed by atoms with Crippen molar-refractivity contribution in [3.8, 4) is 5.69 Å². The van der Waals surface area contributed by atoms with E-state index in [0.717, 1.165) is 28.2 Å². The average molecular weight is 428 g/mol. The van der Waals surface area contributed by atoms with Crippen LogP contribution in [0.15, 0.2) is 47.6 Å². The van der Waals surface area contributed by atoms with Crippen molar-refractivity contribution in [2.45, 2.75) is 34.1 Å². The summed E-state index contributed by atoms with van der Waals surface area (Å²) < 4.78 is 2.02. The molecule has 0 fully saturated rings. The summed E-state index contributed by atoms with van der Waals surface area (Å²) in [6.07, 6.45) is 1.94. The van der Waals surface area contributed by atoms with Gasteiger partial charge in [-0.1, -0.05) is 47.5 Å². The number of carbonyl (C=O) groups excluding carboxylic acids is 1. The average Bonchev–Trinajstić information content (AvgIpc) is 2.94. The van der Waals surface area contributed by atoms with Crippen LogP contribution in [0.2, 0.25) is 10.0 Å². The largest absolute Gasteiger partial charge is 0.316 e. The molecule has 4 nitrogen and oxygen atoms in total. The first kappa shape index (κ1) is 21.2. The lowest BCUT2D eigenvalue weighted by Gasteiger charge is -2.12. The van der Waals surface area contributed by atoms with Crippen LogP contribution in [0.5, 0.6) is 0 Å². The molecule has 0 saturated carbocycles. The Morgan fingerprint density at radius 3 is 2.55 bits per heavy atom. The van der Waals surface area contributed by atoms with E-state index >= 15 is 0 Å². The highest BCUT2D eigenvalue weighted by Crippen LogP contribution is 2.31. The van der Waals surface area contributed by atoms with E-state index in [4.69, 9.17) is 23.2 Å². The van der Waals surface area contributed by atoms with Crippen molar-refractivity contribution < 1.29 is 4.79 Å². The van der Waals surface area contributed by atoms with Crippen LogP contribution in [-0.4, -0.2) is 16.7 Å². The lowest BCUT2D eigenvalue weighted by Crippen LogP contribution is -2.19. The van der Waals surface area contributed by atoms with Gasteiger partial charge in [0.05, 0.1) is 28.4 Å². The lowest BCUT2D eigenvalue weighted by molar-refractivity contribution is -0.120. The van der Waals surface area contributed by atoms with Gasteiger partial charge in [-0.05, 0) is 62.6 Å². The molecule has 3 aromatic rings. The Kier molecular flexibility index (Phi) is 6.46. The van der Waals surface area contributed by atoms with E-state index < -0.39 is 0 Å². The maximum atomic E-state index is 12.2. The number of nitrogens with one attached hydrogen (secondary N) is 1. The summed E-state index contributed by atoms with van der Waals surface area (Å²) >= 11 is 12.5. The monoisotopic (exact) mass is 427 g/mol. The van der Waals surface area contributed by atoms with Crippen molar-refractivity contribution in [1.82, 2.24) is 9.99 Å². The molecule has 0 radical (unpaired) electrons. The first-order chi connectivity index (χ1) is 13.8. The molecular formula is C23H23Cl2N3O. The molecule has 0 atom stereocenters. The van der Waals surface area contributed by atoms with Crippen LogP contribution in [0.25, 0.3) is 5.69 Å². The topological polar surface area (TPSA) is 46.4 Å². The molecule has 2 aromatic carbocycles. The molecule has 1 N–H and O–H groups in total. The summed E-state index contributed by atoms with van der Waals surface area (Å²) in [4.78, 5) is 12.2. The fourth-order valence-electron chi connectivity index (χ4n) is 3.27. The summed E-state index contributed by atoms with van der Waals surface area (Å²) in [5.41, 5.74) is 9.61. The molecule has 0 unspecified atom stereocenters. The number of aromatic nitrogens is 1. The summed E-state index contributed by atoms with van der Waals surface area (Å²) in [6.45, 7) is 8.05.